The molecule has 132 valence electrons. The van der Waals surface area contributed by atoms with Crippen molar-refractivity contribution >= 4 is 34.2 Å². The lowest BCUT2D eigenvalue weighted by Crippen LogP contribution is -2.19. The van der Waals surface area contributed by atoms with Crippen molar-refractivity contribution in [1.29, 1.82) is 0 Å². The van der Waals surface area contributed by atoms with E-state index in [0.29, 0.717) is 22.2 Å². The molecule has 1 unspecified atom stereocenters. The molecular weight excluding hydrogens is 336 g/mol. The SMILES string of the molecule is CCC1CCc2c(sc(NC(=O)C=Cc3ccc(C)o3)c2C(N)=O)C1. The first-order valence-corrected chi connectivity index (χ1v) is 9.29. The van der Waals surface area contributed by atoms with Crippen LogP contribution in [-0.2, 0) is 17.6 Å². The molecule has 1 aliphatic rings. The molecule has 2 aromatic heterocycles. The molecule has 0 radical (unpaired) electrons. The van der Waals surface area contributed by atoms with Gasteiger partial charge >= 0.3 is 0 Å². The quantitative estimate of drug-likeness (QED) is 0.795. The van der Waals surface area contributed by atoms with Gasteiger partial charge in [-0.05, 0) is 55.9 Å². The Bertz CT molecular complexity index is 832. The first-order valence-electron chi connectivity index (χ1n) is 8.47. The fourth-order valence-electron chi connectivity index (χ4n) is 3.21. The smallest absolute Gasteiger partial charge is 0.251 e. The van der Waals surface area contributed by atoms with Crippen LogP contribution >= 0.6 is 11.3 Å². The lowest BCUT2D eigenvalue weighted by Gasteiger charge is -2.20. The number of aryl methyl sites for hydroxylation is 1. The normalized spacial score (nSPS) is 16.8. The molecule has 2 amide bonds. The number of rotatable bonds is 5. The molecule has 6 heteroatoms. The summed E-state index contributed by atoms with van der Waals surface area (Å²) in [5.41, 5.74) is 7.07. The number of nitrogens with one attached hydrogen (secondary N) is 1. The average molecular weight is 358 g/mol. The molecule has 0 spiro atoms. The number of primary amides is 1. The number of fused-ring (bicyclic) bond motifs is 1. The third kappa shape index (κ3) is 3.85. The van der Waals surface area contributed by atoms with Crippen LogP contribution in [0.3, 0.4) is 0 Å². The highest BCUT2D eigenvalue weighted by Gasteiger charge is 2.27. The summed E-state index contributed by atoms with van der Waals surface area (Å²) >= 11 is 1.47. The maximum atomic E-state index is 12.2. The Balaban J connectivity index is 1.80. The summed E-state index contributed by atoms with van der Waals surface area (Å²) in [6.07, 6.45) is 6.99. The molecule has 2 heterocycles. The zero-order valence-corrected chi connectivity index (χ0v) is 15.2. The topological polar surface area (TPSA) is 85.3 Å². The summed E-state index contributed by atoms with van der Waals surface area (Å²) in [5, 5.41) is 3.36. The molecule has 0 aliphatic heterocycles. The molecule has 5 nitrogen and oxygen atoms in total. The lowest BCUT2D eigenvalue weighted by molar-refractivity contribution is -0.111. The molecule has 0 fully saturated rings. The number of anilines is 1. The summed E-state index contributed by atoms with van der Waals surface area (Å²) in [6.45, 7) is 4.03. The number of carbonyl (C=O) groups excluding carboxylic acids is 2. The monoisotopic (exact) mass is 358 g/mol. The summed E-state index contributed by atoms with van der Waals surface area (Å²) in [7, 11) is 0. The molecule has 3 N–H and O–H groups in total. The summed E-state index contributed by atoms with van der Waals surface area (Å²) < 4.78 is 5.40. The van der Waals surface area contributed by atoms with E-state index in [4.69, 9.17) is 10.2 Å². The third-order valence-electron chi connectivity index (χ3n) is 4.59. The van der Waals surface area contributed by atoms with Crippen molar-refractivity contribution in [1.82, 2.24) is 0 Å². The fraction of sp³-hybridized carbons (Fsp3) is 0.368. The number of thiophene rings is 1. The Morgan fingerprint density at radius 1 is 1.44 bits per heavy atom. The van der Waals surface area contributed by atoms with Crippen LogP contribution in [0.1, 0.15) is 52.1 Å². The molecule has 2 aromatic rings. The second-order valence-corrected chi connectivity index (χ2v) is 7.47. The van der Waals surface area contributed by atoms with Crippen LogP contribution in [0.4, 0.5) is 5.00 Å². The zero-order chi connectivity index (χ0) is 18.0. The highest BCUT2D eigenvalue weighted by atomic mass is 32.1. The Kier molecular flexibility index (Phi) is 5.08. The minimum Gasteiger partial charge on any atom is -0.462 e. The molecule has 1 atom stereocenters. The van der Waals surface area contributed by atoms with E-state index in [-0.39, 0.29) is 5.91 Å². The maximum Gasteiger partial charge on any atom is 0.251 e. The van der Waals surface area contributed by atoms with Gasteiger partial charge in [-0.1, -0.05) is 13.3 Å². The highest BCUT2D eigenvalue weighted by Crippen LogP contribution is 2.40. The van der Waals surface area contributed by atoms with Gasteiger partial charge in [0.25, 0.3) is 5.91 Å². The standard InChI is InChI=1S/C19H22N2O3S/c1-3-12-5-8-14-15(10-12)25-19(17(14)18(20)23)21-16(22)9-7-13-6-4-11(2)24-13/h4,6-7,9,12H,3,5,8,10H2,1-2H3,(H2,20,23)(H,21,22). The van der Waals surface area contributed by atoms with Crippen molar-refractivity contribution in [2.24, 2.45) is 11.7 Å². The lowest BCUT2D eigenvalue weighted by atomic mass is 9.85. The van der Waals surface area contributed by atoms with E-state index in [1.54, 1.807) is 12.1 Å². The Morgan fingerprint density at radius 3 is 2.88 bits per heavy atom. The molecule has 0 aromatic carbocycles. The number of amides is 2. The van der Waals surface area contributed by atoms with Gasteiger partial charge in [-0.15, -0.1) is 11.3 Å². The van der Waals surface area contributed by atoms with Gasteiger partial charge in [-0.2, -0.15) is 0 Å². The van der Waals surface area contributed by atoms with Crippen molar-refractivity contribution in [3.8, 4) is 0 Å². The fourth-order valence-corrected chi connectivity index (χ4v) is 4.58. The number of hydrogen-bond acceptors (Lipinski definition) is 4. The van der Waals surface area contributed by atoms with Gasteiger partial charge in [0.15, 0.2) is 0 Å². The van der Waals surface area contributed by atoms with Crippen molar-refractivity contribution in [2.75, 3.05) is 5.32 Å². The third-order valence-corrected chi connectivity index (χ3v) is 5.76. The van der Waals surface area contributed by atoms with Crippen LogP contribution < -0.4 is 11.1 Å². The van der Waals surface area contributed by atoms with Crippen LogP contribution in [0.5, 0.6) is 0 Å². The number of carbonyl (C=O) groups is 2. The van der Waals surface area contributed by atoms with Crippen molar-refractivity contribution < 1.29 is 14.0 Å². The molecule has 25 heavy (non-hydrogen) atoms. The second-order valence-electron chi connectivity index (χ2n) is 6.36. The van der Waals surface area contributed by atoms with Gasteiger partial charge in [-0.3, -0.25) is 9.59 Å². The van der Waals surface area contributed by atoms with Gasteiger partial charge < -0.3 is 15.5 Å². The predicted molar refractivity (Wildman–Crippen MR) is 99.8 cm³/mol. The van der Waals surface area contributed by atoms with Gasteiger partial charge in [0.05, 0.1) is 5.56 Å². The number of hydrogen-bond donors (Lipinski definition) is 2. The van der Waals surface area contributed by atoms with Crippen molar-refractivity contribution in [2.45, 2.75) is 39.5 Å². The molecule has 3 rings (SSSR count). The van der Waals surface area contributed by atoms with Gasteiger partial charge in [0.1, 0.15) is 16.5 Å². The van der Waals surface area contributed by atoms with Crippen LogP contribution in [0.25, 0.3) is 6.08 Å². The largest absolute Gasteiger partial charge is 0.462 e. The summed E-state index contributed by atoms with van der Waals surface area (Å²) in [5.74, 6) is 1.25. The summed E-state index contributed by atoms with van der Waals surface area (Å²) in [6, 6.07) is 3.63. The van der Waals surface area contributed by atoms with E-state index >= 15 is 0 Å². The Hall–Kier alpha value is -2.34. The van der Waals surface area contributed by atoms with E-state index < -0.39 is 5.91 Å². The Labute approximate surface area is 150 Å². The Morgan fingerprint density at radius 2 is 2.24 bits per heavy atom. The van der Waals surface area contributed by atoms with E-state index in [9.17, 15) is 9.59 Å². The minimum absolute atomic E-state index is 0.304. The predicted octanol–water partition coefficient (Wildman–Crippen LogP) is 3.92. The molecule has 0 saturated carbocycles. The number of nitrogens with two attached hydrogens (primary N) is 1. The van der Waals surface area contributed by atoms with Gasteiger partial charge in [-0.25, -0.2) is 0 Å². The van der Waals surface area contributed by atoms with E-state index in [0.717, 1.165) is 37.0 Å². The van der Waals surface area contributed by atoms with Gasteiger partial charge in [0.2, 0.25) is 5.91 Å². The van der Waals surface area contributed by atoms with E-state index in [1.165, 1.54) is 22.3 Å². The van der Waals surface area contributed by atoms with Crippen LogP contribution in [0.15, 0.2) is 22.6 Å². The summed E-state index contributed by atoms with van der Waals surface area (Å²) in [4.78, 5) is 25.3. The molecule has 0 bridgehead atoms. The van der Waals surface area contributed by atoms with E-state index in [1.807, 2.05) is 13.0 Å². The molecular formula is C19H22N2O3S. The van der Waals surface area contributed by atoms with E-state index in [2.05, 4.69) is 12.2 Å². The maximum absolute atomic E-state index is 12.2. The van der Waals surface area contributed by atoms with Gasteiger partial charge in [0, 0.05) is 11.0 Å². The zero-order valence-electron chi connectivity index (χ0n) is 14.4. The van der Waals surface area contributed by atoms with Crippen LogP contribution in [0.2, 0.25) is 0 Å². The number of furan rings is 1. The molecule has 0 saturated heterocycles. The second kappa shape index (κ2) is 7.27. The average Bonchev–Trinajstić information content (AvgIpc) is 3.14. The minimum atomic E-state index is -0.478. The van der Waals surface area contributed by atoms with Crippen molar-refractivity contribution in [3.63, 3.8) is 0 Å². The first-order chi connectivity index (χ1) is 12.0. The molecule has 1 aliphatic carbocycles. The highest BCUT2D eigenvalue weighted by molar-refractivity contribution is 7.17. The van der Waals surface area contributed by atoms with Crippen molar-refractivity contribution in [3.05, 3.63) is 45.7 Å². The van der Waals surface area contributed by atoms with Crippen LogP contribution in [0, 0.1) is 12.8 Å². The first kappa shape index (κ1) is 17.5. The van der Waals surface area contributed by atoms with Crippen LogP contribution in [-0.4, -0.2) is 11.8 Å².